The number of nitrogens with two attached hydrogens (primary N) is 1. The van der Waals surface area contributed by atoms with Crippen molar-refractivity contribution < 1.29 is 5.11 Å². The van der Waals surface area contributed by atoms with Crippen LogP contribution in [0.2, 0.25) is 0 Å². The molecule has 9 heavy (non-hydrogen) atoms. The highest BCUT2D eigenvalue weighted by atomic mass is 16.3. The van der Waals surface area contributed by atoms with E-state index in [0.717, 1.165) is 5.57 Å². The Morgan fingerprint density at radius 2 is 2.22 bits per heavy atom. The molecule has 0 aromatic heterocycles. The second kappa shape index (κ2) is 3.64. The van der Waals surface area contributed by atoms with Crippen LogP contribution in [0.25, 0.3) is 0 Å². The fourth-order valence-corrected chi connectivity index (χ4v) is 0.615. The molecule has 0 rings (SSSR count). The molecule has 2 atom stereocenters. The first-order valence-corrected chi connectivity index (χ1v) is 3.13. The van der Waals surface area contributed by atoms with Gasteiger partial charge in [0, 0.05) is 0 Å². The van der Waals surface area contributed by atoms with E-state index in [2.05, 4.69) is 6.58 Å². The maximum Gasteiger partial charge on any atom is 0.0782 e. The number of aliphatic hydroxyl groups is 1. The summed E-state index contributed by atoms with van der Waals surface area (Å²) in [5, 5.41) is 9.22. The number of aliphatic hydroxyl groups excluding tert-OH is 1. The van der Waals surface area contributed by atoms with Gasteiger partial charge in [-0.25, -0.2) is 0 Å². The Kier molecular flexibility index (Phi) is 3.50. The average molecular weight is 129 g/mol. The molecule has 0 radical (unpaired) electrons. The van der Waals surface area contributed by atoms with Gasteiger partial charge in [0.15, 0.2) is 0 Å². The summed E-state index contributed by atoms with van der Waals surface area (Å²) in [5.74, 6) is 0.127. The van der Waals surface area contributed by atoms with Crippen molar-refractivity contribution in [2.45, 2.75) is 20.0 Å². The third-order valence-corrected chi connectivity index (χ3v) is 1.42. The summed E-state index contributed by atoms with van der Waals surface area (Å²) in [6, 6.07) is 0. The molecule has 0 bridgehead atoms. The molecule has 2 heteroatoms. The molecule has 0 amide bonds. The molecule has 0 spiro atoms. The molecule has 0 aromatic rings. The molecule has 0 aliphatic carbocycles. The molecule has 0 heterocycles. The van der Waals surface area contributed by atoms with Crippen molar-refractivity contribution in [2.75, 3.05) is 6.54 Å². The predicted octanol–water partition coefficient (Wildman–Crippen LogP) is 0.518. The van der Waals surface area contributed by atoms with E-state index in [1.54, 1.807) is 6.92 Å². The molecule has 0 aliphatic rings. The third-order valence-electron chi connectivity index (χ3n) is 1.42. The van der Waals surface area contributed by atoms with Crippen molar-refractivity contribution in [1.29, 1.82) is 0 Å². The van der Waals surface area contributed by atoms with E-state index in [1.165, 1.54) is 0 Å². The summed E-state index contributed by atoms with van der Waals surface area (Å²) < 4.78 is 0. The molecular weight excluding hydrogens is 114 g/mol. The van der Waals surface area contributed by atoms with Crippen molar-refractivity contribution in [3.8, 4) is 0 Å². The summed E-state index contributed by atoms with van der Waals surface area (Å²) in [7, 11) is 0. The maximum absolute atomic E-state index is 9.22. The minimum Gasteiger partial charge on any atom is -0.388 e. The number of rotatable bonds is 3. The van der Waals surface area contributed by atoms with E-state index in [4.69, 9.17) is 5.73 Å². The predicted molar refractivity (Wildman–Crippen MR) is 39.0 cm³/mol. The first kappa shape index (κ1) is 8.66. The Morgan fingerprint density at radius 3 is 2.33 bits per heavy atom. The van der Waals surface area contributed by atoms with E-state index < -0.39 is 6.10 Å². The van der Waals surface area contributed by atoms with Crippen LogP contribution in [-0.4, -0.2) is 17.8 Å². The monoisotopic (exact) mass is 129 g/mol. The molecule has 0 fully saturated rings. The van der Waals surface area contributed by atoms with Crippen molar-refractivity contribution in [3.63, 3.8) is 0 Å². The third kappa shape index (κ3) is 2.63. The highest BCUT2D eigenvalue weighted by Gasteiger charge is 2.11. The first-order valence-electron chi connectivity index (χ1n) is 3.13. The summed E-state index contributed by atoms with van der Waals surface area (Å²) in [4.78, 5) is 0. The van der Waals surface area contributed by atoms with Crippen LogP contribution in [0, 0.1) is 5.92 Å². The molecule has 0 aliphatic heterocycles. The van der Waals surface area contributed by atoms with Crippen molar-refractivity contribution in [2.24, 2.45) is 11.7 Å². The van der Waals surface area contributed by atoms with Crippen LogP contribution < -0.4 is 5.73 Å². The SMILES string of the molecule is C=C(C)C(O)C(C)CN. The molecular formula is C7H15NO. The molecule has 2 nitrogen and oxygen atoms in total. The van der Waals surface area contributed by atoms with Gasteiger partial charge in [0.2, 0.25) is 0 Å². The van der Waals surface area contributed by atoms with Crippen LogP contribution in [0.4, 0.5) is 0 Å². The van der Waals surface area contributed by atoms with Gasteiger partial charge in [0.05, 0.1) is 6.10 Å². The van der Waals surface area contributed by atoms with Gasteiger partial charge < -0.3 is 10.8 Å². The van der Waals surface area contributed by atoms with E-state index in [0.29, 0.717) is 6.54 Å². The lowest BCUT2D eigenvalue weighted by Gasteiger charge is -2.15. The molecule has 2 unspecified atom stereocenters. The Balaban J connectivity index is 3.72. The second-order valence-corrected chi connectivity index (χ2v) is 2.50. The van der Waals surface area contributed by atoms with Crippen molar-refractivity contribution in [1.82, 2.24) is 0 Å². The average Bonchev–Trinajstić information content (AvgIpc) is 1.84. The van der Waals surface area contributed by atoms with Crippen LogP contribution in [0.1, 0.15) is 13.8 Å². The van der Waals surface area contributed by atoms with Crippen LogP contribution in [-0.2, 0) is 0 Å². The summed E-state index contributed by atoms with van der Waals surface area (Å²) in [5.41, 5.74) is 6.09. The van der Waals surface area contributed by atoms with Crippen molar-refractivity contribution >= 4 is 0 Å². The highest BCUT2D eigenvalue weighted by Crippen LogP contribution is 2.07. The van der Waals surface area contributed by atoms with Crippen molar-refractivity contribution in [3.05, 3.63) is 12.2 Å². The van der Waals surface area contributed by atoms with Gasteiger partial charge in [-0.15, -0.1) is 0 Å². The largest absolute Gasteiger partial charge is 0.388 e. The zero-order chi connectivity index (χ0) is 7.44. The Bertz CT molecular complexity index is 101. The second-order valence-electron chi connectivity index (χ2n) is 2.50. The van der Waals surface area contributed by atoms with Gasteiger partial charge in [0.25, 0.3) is 0 Å². The maximum atomic E-state index is 9.22. The Labute approximate surface area is 56.4 Å². The lowest BCUT2D eigenvalue weighted by atomic mass is 10.0. The van der Waals surface area contributed by atoms with Crippen LogP contribution in [0.15, 0.2) is 12.2 Å². The van der Waals surface area contributed by atoms with E-state index in [9.17, 15) is 5.11 Å². The van der Waals surface area contributed by atoms with E-state index in [1.807, 2.05) is 6.92 Å². The van der Waals surface area contributed by atoms with Crippen LogP contribution in [0.3, 0.4) is 0 Å². The Morgan fingerprint density at radius 1 is 1.78 bits per heavy atom. The van der Waals surface area contributed by atoms with Gasteiger partial charge in [-0.1, -0.05) is 19.1 Å². The van der Waals surface area contributed by atoms with E-state index >= 15 is 0 Å². The molecule has 54 valence electrons. The number of hydrogen-bond donors (Lipinski definition) is 2. The van der Waals surface area contributed by atoms with Gasteiger partial charge >= 0.3 is 0 Å². The summed E-state index contributed by atoms with van der Waals surface area (Å²) in [6.07, 6.45) is -0.435. The zero-order valence-electron chi connectivity index (χ0n) is 6.09. The molecule has 0 aromatic carbocycles. The lowest BCUT2D eigenvalue weighted by molar-refractivity contribution is 0.155. The van der Waals surface area contributed by atoms with Crippen LogP contribution in [0.5, 0.6) is 0 Å². The minimum absolute atomic E-state index is 0.127. The van der Waals surface area contributed by atoms with Gasteiger partial charge in [-0.05, 0) is 19.4 Å². The fraction of sp³-hybridized carbons (Fsp3) is 0.714. The lowest BCUT2D eigenvalue weighted by Crippen LogP contribution is -2.25. The summed E-state index contributed by atoms with van der Waals surface area (Å²) >= 11 is 0. The highest BCUT2D eigenvalue weighted by molar-refractivity contribution is 4.98. The zero-order valence-corrected chi connectivity index (χ0v) is 6.09. The summed E-state index contributed by atoms with van der Waals surface area (Å²) in [6.45, 7) is 7.83. The standard InChI is InChI=1S/C7H15NO/c1-5(2)7(9)6(3)4-8/h6-7,9H,1,4,8H2,2-3H3. The molecule has 0 saturated carbocycles. The van der Waals surface area contributed by atoms with E-state index in [-0.39, 0.29) is 5.92 Å². The quantitative estimate of drug-likeness (QED) is 0.546. The molecule has 3 N–H and O–H groups in total. The van der Waals surface area contributed by atoms with Gasteiger partial charge in [0.1, 0.15) is 0 Å². The fourth-order valence-electron chi connectivity index (χ4n) is 0.615. The van der Waals surface area contributed by atoms with Crippen LogP contribution >= 0.6 is 0 Å². The first-order chi connectivity index (χ1) is 4.09. The minimum atomic E-state index is -0.435. The molecule has 0 saturated heterocycles. The van der Waals surface area contributed by atoms with Gasteiger partial charge in [-0.2, -0.15) is 0 Å². The van der Waals surface area contributed by atoms with Gasteiger partial charge in [-0.3, -0.25) is 0 Å². The normalized spacial score (nSPS) is 16.9. The Hall–Kier alpha value is -0.340. The number of hydrogen-bond acceptors (Lipinski definition) is 2. The topological polar surface area (TPSA) is 46.2 Å². The smallest absolute Gasteiger partial charge is 0.0782 e.